The third-order valence-corrected chi connectivity index (χ3v) is 3.29. The van der Waals surface area contributed by atoms with E-state index in [0.29, 0.717) is 12.3 Å². The molecule has 0 aromatic carbocycles. The Kier molecular flexibility index (Phi) is 5.99. The first kappa shape index (κ1) is 15.7. The molecule has 0 saturated heterocycles. The van der Waals surface area contributed by atoms with E-state index in [0.717, 1.165) is 0 Å². The molecule has 0 spiro atoms. The first-order valence-corrected chi connectivity index (χ1v) is 6.00. The van der Waals surface area contributed by atoms with Crippen molar-refractivity contribution >= 4 is 12.0 Å². The summed E-state index contributed by atoms with van der Waals surface area (Å²) in [4.78, 5) is 22.6. The van der Waals surface area contributed by atoms with Gasteiger partial charge in [-0.1, -0.05) is 20.8 Å². The summed E-state index contributed by atoms with van der Waals surface area (Å²) >= 11 is 0. The summed E-state index contributed by atoms with van der Waals surface area (Å²) in [5.41, 5.74) is -0.904. The lowest BCUT2D eigenvalue weighted by Crippen LogP contribution is -2.47. The molecule has 5 heteroatoms. The number of aliphatic carboxylic acids is 1. The zero-order valence-corrected chi connectivity index (χ0v) is 11.3. The molecular weight excluding hydrogens is 220 g/mol. The maximum absolute atomic E-state index is 11.5. The zero-order chi connectivity index (χ0) is 13.6. The molecule has 0 saturated carbocycles. The van der Waals surface area contributed by atoms with Gasteiger partial charge in [0.15, 0.2) is 0 Å². The maximum Gasteiger partial charge on any atom is 0.315 e. The van der Waals surface area contributed by atoms with Crippen LogP contribution in [0.4, 0.5) is 4.79 Å². The van der Waals surface area contributed by atoms with E-state index < -0.39 is 11.4 Å². The van der Waals surface area contributed by atoms with Gasteiger partial charge in [0.05, 0.1) is 5.41 Å². The van der Waals surface area contributed by atoms with Crippen molar-refractivity contribution in [3.05, 3.63) is 0 Å². The number of carbonyl (C=O) groups excluding carboxylic acids is 1. The summed E-state index contributed by atoms with van der Waals surface area (Å²) in [6, 6.07) is -0.250. The Morgan fingerprint density at radius 1 is 1.29 bits per heavy atom. The van der Waals surface area contributed by atoms with Crippen molar-refractivity contribution in [2.45, 2.75) is 47.1 Å². The molecule has 2 amide bonds. The monoisotopic (exact) mass is 244 g/mol. The van der Waals surface area contributed by atoms with Gasteiger partial charge in [0.1, 0.15) is 0 Å². The number of carboxylic acids is 1. The van der Waals surface area contributed by atoms with Gasteiger partial charge in [-0.15, -0.1) is 0 Å². The summed E-state index contributed by atoms with van der Waals surface area (Å²) in [6.45, 7) is 9.50. The van der Waals surface area contributed by atoms with Crippen LogP contribution in [-0.2, 0) is 4.79 Å². The minimum Gasteiger partial charge on any atom is -0.481 e. The fourth-order valence-electron chi connectivity index (χ4n) is 1.05. The highest BCUT2D eigenvalue weighted by Crippen LogP contribution is 2.19. The second kappa shape index (κ2) is 6.47. The van der Waals surface area contributed by atoms with Crippen LogP contribution in [0.3, 0.4) is 0 Å². The molecule has 0 aliphatic rings. The van der Waals surface area contributed by atoms with Gasteiger partial charge in [-0.2, -0.15) is 0 Å². The number of hydrogen-bond donors (Lipinski definition) is 3. The topological polar surface area (TPSA) is 78.4 Å². The number of urea groups is 1. The lowest BCUT2D eigenvalue weighted by molar-refractivity contribution is -0.147. The Balaban J connectivity index is 4.20. The summed E-state index contributed by atoms with van der Waals surface area (Å²) in [5.74, 6) is -0.546. The van der Waals surface area contributed by atoms with Gasteiger partial charge in [-0.25, -0.2) is 4.79 Å². The third-order valence-electron chi connectivity index (χ3n) is 3.29. The highest BCUT2D eigenvalue weighted by molar-refractivity contribution is 5.77. The first-order chi connectivity index (χ1) is 7.73. The van der Waals surface area contributed by atoms with Gasteiger partial charge < -0.3 is 15.7 Å². The van der Waals surface area contributed by atoms with Crippen LogP contribution in [0.15, 0.2) is 0 Å². The van der Waals surface area contributed by atoms with Crippen LogP contribution in [0.5, 0.6) is 0 Å². The minimum absolute atomic E-state index is 0.0627. The largest absolute Gasteiger partial charge is 0.481 e. The molecule has 2 atom stereocenters. The molecule has 100 valence electrons. The van der Waals surface area contributed by atoms with E-state index in [1.165, 1.54) is 0 Å². The lowest BCUT2D eigenvalue weighted by atomic mass is 9.88. The van der Waals surface area contributed by atoms with Crippen molar-refractivity contribution < 1.29 is 14.7 Å². The molecule has 5 nitrogen and oxygen atoms in total. The predicted octanol–water partition coefficient (Wildman–Crippen LogP) is 1.83. The first-order valence-electron chi connectivity index (χ1n) is 6.00. The molecule has 0 fully saturated rings. The number of carboxylic acid groups (broad SMARTS) is 1. The molecule has 0 bridgehead atoms. The second-order valence-corrected chi connectivity index (χ2v) is 5.08. The average molecular weight is 244 g/mol. The van der Waals surface area contributed by atoms with Crippen LogP contribution in [0, 0.1) is 11.3 Å². The molecule has 2 unspecified atom stereocenters. The maximum atomic E-state index is 11.5. The predicted molar refractivity (Wildman–Crippen MR) is 66.9 cm³/mol. The SMILES string of the molecule is CCC(C)(CNC(=O)NC(C)C(C)C)C(=O)O. The molecule has 17 heavy (non-hydrogen) atoms. The highest BCUT2D eigenvalue weighted by Gasteiger charge is 2.31. The fourth-order valence-corrected chi connectivity index (χ4v) is 1.05. The van der Waals surface area contributed by atoms with E-state index in [1.54, 1.807) is 13.8 Å². The van der Waals surface area contributed by atoms with E-state index in [9.17, 15) is 9.59 Å². The molecular formula is C12H24N2O3. The van der Waals surface area contributed by atoms with Gasteiger partial charge in [0.25, 0.3) is 0 Å². The summed E-state index contributed by atoms with van der Waals surface area (Å²) in [7, 11) is 0. The van der Waals surface area contributed by atoms with Crippen molar-refractivity contribution in [1.82, 2.24) is 10.6 Å². The minimum atomic E-state index is -0.904. The molecule has 0 aliphatic carbocycles. The fraction of sp³-hybridized carbons (Fsp3) is 0.833. The number of hydrogen-bond acceptors (Lipinski definition) is 2. The van der Waals surface area contributed by atoms with Gasteiger partial charge in [0.2, 0.25) is 0 Å². The number of nitrogens with one attached hydrogen (secondary N) is 2. The van der Waals surface area contributed by atoms with Crippen molar-refractivity contribution in [3.63, 3.8) is 0 Å². The van der Waals surface area contributed by atoms with E-state index in [-0.39, 0.29) is 18.6 Å². The van der Waals surface area contributed by atoms with Crippen molar-refractivity contribution in [3.8, 4) is 0 Å². The van der Waals surface area contributed by atoms with Crippen LogP contribution in [0.2, 0.25) is 0 Å². The highest BCUT2D eigenvalue weighted by atomic mass is 16.4. The second-order valence-electron chi connectivity index (χ2n) is 5.08. The molecule has 0 aromatic rings. The summed E-state index contributed by atoms with van der Waals surface area (Å²) in [6.07, 6.45) is 0.475. The van der Waals surface area contributed by atoms with E-state index in [2.05, 4.69) is 10.6 Å². The van der Waals surface area contributed by atoms with Crippen LogP contribution in [0.25, 0.3) is 0 Å². The normalized spacial score (nSPS) is 16.1. The van der Waals surface area contributed by atoms with Gasteiger partial charge in [-0.05, 0) is 26.2 Å². The Bertz CT molecular complexity index is 279. The van der Waals surface area contributed by atoms with Crippen LogP contribution >= 0.6 is 0 Å². The van der Waals surface area contributed by atoms with Crippen molar-refractivity contribution in [2.24, 2.45) is 11.3 Å². The standard InChI is InChI=1S/C12H24N2O3/c1-6-12(5,10(15)16)7-13-11(17)14-9(4)8(2)3/h8-9H,6-7H2,1-5H3,(H,15,16)(H2,13,14,17). The molecule has 0 aromatic heterocycles. The van der Waals surface area contributed by atoms with E-state index in [1.807, 2.05) is 20.8 Å². The van der Waals surface area contributed by atoms with E-state index >= 15 is 0 Å². The van der Waals surface area contributed by atoms with Gasteiger partial charge >= 0.3 is 12.0 Å². The van der Waals surface area contributed by atoms with Crippen LogP contribution in [0.1, 0.15) is 41.0 Å². The Morgan fingerprint density at radius 2 is 1.82 bits per heavy atom. The van der Waals surface area contributed by atoms with Crippen molar-refractivity contribution in [1.29, 1.82) is 0 Å². The molecule has 3 N–H and O–H groups in total. The number of carbonyl (C=O) groups is 2. The van der Waals surface area contributed by atoms with E-state index in [4.69, 9.17) is 5.11 Å². The molecule has 0 heterocycles. The Morgan fingerprint density at radius 3 is 2.18 bits per heavy atom. The zero-order valence-electron chi connectivity index (χ0n) is 11.3. The molecule has 0 rings (SSSR count). The smallest absolute Gasteiger partial charge is 0.315 e. The number of amides is 2. The van der Waals surface area contributed by atoms with Crippen molar-refractivity contribution in [2.75, 3.05) is 6.54 Å². The lowest BCUT2D eigenvalue weighted by Gasteiger charge is -2.24. The molecule has 0 radical (unpaired) electrons. The molecule has 0 aliphatic heterocycles. The van der Waals surface area contributed by atoms with Crippen LogP contribution in [-0.4, -0.2) is 29.7 Å². The summed E-state index contributed by atoms with van der Waals surface area (Å²) < 4.78 is 0. The van der Waals surface area contributed by atoms with Gasteiger partial charge in [0, 0.05) is 12.6 Å². The van der Waals surface area contributed by atoms with Gasteiger partial charge in [-0.3, -0.25) is 4.79 Å². The third kappa shape index (κ3) is 5.06. The summed E-state index contributed by atoms with van der Waals surface area (Å²) in [5, 5.41) is 14.4. The quantitative estimate of drug-likeness (QED) is 0.667. The Hall–Kier alpha value is -1.26. The van der Waals surface area contributed by atoms with Crippen LogP contribution < -0.4 is 10.6 Å². The average Bonchev–Trinajstić information content (AvgIpc) is 2.25. The Labute approximate surface area is 103 Å². The number of rotatable bonds is 6.